The quantitative estimate of drug-likeness (QED) is 0.670. The molecule has 0 unspecified atom stereocenters. The molecule has 1 aliphatic carbocycles. The minimum atomic E-state index is -1.16. The second-order valence-corrected chi connectivity index (χ2v) is 8.64. The number of aryl methyl sites for hydroxylation is 1. The maximum absolute atomic E-state index is 12.7. The van der Waals surface area contributed by atoms with Gasteiger partial charge in [0.1, 0.15) is 5.00 Å². The molecule has 0 aromatic carbocycles. The van der Waals surface area contributed by atoms with Crippen molar-refractivity contribution < 1.29 is 24.2 Å². The predicted octanol–water partition coefficient (Wildman–Crippen LogP) is 4.00. The minimum absolute atomic E-state index is 0.0822. The highest BCUT2D eigenvalue weighted by molar-refractivity contribution is 7.17. The molecule has 1 aromatic rings. The zero-order valence-corrected chi connectivity index (χ0v) is 18.2. The lowest BCUT2D eigenvalue weighted by Gasteiger charge is -2.10. The fourth-order valence-corrected chi connectivity index (χ4v) is 5.01. The summed E-state index contributed by atoms with van der Waals surface area (Å²) in [5.41, 5.74) is 1.52. The second-order valence-electron chi connectivity index (χ2n) is 7.53. The summed E-state index contributed by atoms with van der Waals surface area (Å²) in [6, 6.07) is 0. The van der Waals surface area contributed by atoms with Gasteiger partial charge in [-0.05, 0) is 51.0 Å². The number of thiophene rings is 1. The zero-order chi connectivity index (χ0) is 21.1. The van der Waals surface area contributed by atoms with Gasteiger partial charge in [0.2, 0.25) is 5.91 Å². The molecule has 0 radical (unpaired) electrons. The van der Waals surface area contributed by atoms with E-state index in [1.807, 2.05) is 0 Å². The lowest BCUT2D eigenvalue weighted by atomic mass is 9.97. The Bertz CT molecular complexity index is 698. The summed E-state index contributed by atoms with van der Waals surface area (Å²) in [5.74, 6) is -1.83. The van der Waals surface area contributed by atoms with Gasteiger partial charge in [-0.2, -0.15) is 0 Å². The molecular weight excluding hydrogens is 390 g/mol. The minimum Gasteiger partial charge on any atom is -0.550 e. The number of rotatable bonds is 7. The number of anilines is 1. The van der Waals surface area contributed by atoms with Crippen LogP contribution in [-0.2, 0) is 27.2 Å². The summed E-state index contributed by atoms with van der Waals surface area (Å²) in [4.78, 5) is 36.7. The van der Waals surface area contributed by atoms with Crippen LogP contribution in [0.15, 0.2) is 0 Å². The number of carboxylic acids is 1. The number of aliphatic carboxylic acids is 1. The number of ether oxygens (including phenoxy) is 1. The maximum Gasteiger partial charge on any atom is 0.341 e. The van der Waals surface area contributed by atoms with Crippen LogP contribution in [0.3, 0.4) is 0 Å². The van der Waals surface area contributed by atoms with Crippen LogP contribution in [0.25, 0.3) is 0 Å². The van der Waals surface area contributed by atoms with E-state index in [2.05, 4.69) is 5.32 Å². The third kappa shape index (κ3) is 7.80. The predicted molar refractivity (Wildman–Crippen MR) is 112 cm³/mol. The van der Waals surface area contributed by atoms with Crippen LogP contribution in [0.4, 0.5) is 5.00 Å². The average molecular weight is 423 g/mol. The lowest BCUT2D eigenvalue weighted by Crippen LogP contribution is -2.22. The van der Waals surface area contributed by atoms with Crippen LogP contribution in [0.5, 0.6) is 0 Å². The Balaban J connectivity index is 2.23. The first kappa shape index (κ1) is 23.4. The lowest BCUT2D eigenvalue weighted by molar-refractivity contribution is -0.305. The summed E-state index contributed by atoms with van der Waals surface area (Å²) in [6.45, 7) is 2.05. The maximum atomic E-state index is 12.7. The van der Waals surface area contributed by atoms with E-state index in [0.29, 0.717) is 10.6 Å². The number of carbonyl (C=O) groups excluding carboxylic acids is 3. The van der Waals surface area contributed by atoms with Crippen molar-refractivity contribution in [1.29, 1.82) is 0 Å². The molecule has 0 aliphatic heterocycles. The molecule has 2 rings (SSSR count). The molecule has 0 saturated heterocycles. The van der Waals surface area contributed by atoms with Gasteiger partial charge in [0.05, 0.1) is 12.2 Å². The Hall–Kier alpha value is -1.89. The molecular formula is C22H32NO5S-. The SMILES string of the molecule is CCOC(=O)c1c(NC(=O)CCCC(=O)[O-])sc2c1CCCCCCCCCC2. The summed E-state index contributed by atoms with van der Waals surface area (Å²) in [5, 5.41) is 13.9. The Kier molecular flexibility index (Phi) is 10.2. The highest BCUT2D eigenvalue weighted by Crippen LogP contribution is 2.37. The van der Waals surface area contributed by atoms with Crippen molar-refractivity contribution in [2.45, 2.75) is 90.4 Å². The van der Waals surface area contributed by atoms with Gasteiger partial charge in [0, 0.05) is 17.3 Å². The molecule has 1 N–H and O–H groups in total. The number of hydrogen-bond acceptors (Lipinski definition) is 6. The molecule has 0 fully saturated rings. The first-order valence-corrected chi connectivity index (χ1v) is 11.7. The number of hydrogen-bond donors (Lipinski definition) is 1. The molecule has 29 heavy (non-hydrogen) atoms. The van der Waals surface area contributed by atoms with Gasteiger partial charge in [-0.25, -0.2) is 4.79 Å². The summed E-state index contributed by atoms with van der Waals surface area (Å²) >= 11 is 1.47. The highest BCUT2D eigenvalue weighted by Gasteiger charge is 2.25. The normalized spacial score (nSPS) is 15.5. The number of amides is 1. The first-order chi connectivity index (χ1) is 14.0. The van der Waals surface area contributed by atoms with Crippen LogP contribution in [-0.4, -0.2) is 24.5 Å². The van der Waals surface area contributed by atoms with Crippen molar-refractivity contribution in [3.05, 3.63) is 16.0 Å². The monoisotopic (exact) mass is 422 g/mol. The van der Waals surface area contributed by atoms with E-state index in [4.69, 9.17) is 4.74 Å². The molecule has 1 amide bonds. The van der Waals surface area contributed by atoms with Gasteiger partial charge < -0.3 is 20.0 Å². The molecule has 1 aliphatic rings. The van der Waals surface area contributed by atoms with Gasteiger partial charge in [-0.1, -0.05) is 38.5 Å². The molecule has 0 saturated carbocycles. The van der Waals surface area contributed by atoms with Gasteiger partial charge in [-0.15, -0.1) is 11.3 Å². The fraction of sp³-hybridized carbons (Fsp3) is 0.682. The Morgan fingerprint density at radius 1 is 0.966 bits per heavy atom. The number of fused-ring (bicyclic) bond motifs is 1. The molecule has 0 atom stereocenters. The fourth-order valence-electron chi connectivity index (χ4n) is 3.72. The standard InChI is InChI=1S/C22H33NO5S/c1-2-28-22(27)20-16-12-9-7-5-3-4-6-8-10-13-17(16)29-21(20)23-18(24)14-11-15-19(25)26/h2-15H2,1H3,(H,23,24)(H,25,26)/p-1. The van der Waals surface area contributed by atoms with Gasteiger partial charge in [-0.3, -0.25) is 4.79 Å². The zero-order valence-electron chi connectivity index (χ0n) is 17.3. The van der Waals surface area contributed by atoms with Gasteiger partial charge in [0.15, 0.2) is 0 Å². The molecule has 6 nitrogen and oxygen atoms in total. The molecule has 1 aromatic heterocycles. The summed E-state index contributed by atoms with van der Waals surface area (Å²) in [7, 11) is 0. The van der Waals surface area contributed by atoms with Crippen molar-refractivity contribution >= 4 is 34.2 Å². The van der Waals surface area contributed by atoms with Crippen LogP contribution in [0, 0.1) is 0 Å². The van der Waals surface area contributed by atoms with Crippen molar-refractivity contribution in [3.8, 4) is 0 Å². The summed E-state index contributed by atoms with van der Waals surface area (Å²) < 4.78 is 5.29. The number of nitrogens with one attached hydrogen (secondary N) is 1. The van der Waals surface area contributed by atoms with Crippen molar-refractivity contribution in [3.63, 3.8) is 0 Å². The topological polar surface area (TPSA) is 95.5 Å². The van der Waals surface area contributed by atoms with Crippen LogP contribution in [0.1, 0.15) is 98.4 Å². The van der Waals surface area contributed by atoms with E-state index in [1.165, 1.54) is 48.3 Å². The van der Waals surface area contributed by atoms with E-state index in [1.54, 1.807) is 6.92 Å². The van der Waals surface area contributed by atoms with Crippen molar-refractivity contribution in [2.24, 2.45) is 0 Å². The van der Waals surface area contributed by atoms with Gasteiger partial charge in [0.25, 0.3) is 0 Å². The van der Waals surface area contributed by atoms with E-state index >= 15 is 0 Å². The van der Waals surface area contributed by atoms with Crippen LogP contribution >= 0.6 is 11.3 Å². The first-order valence-electron chi connectivity index (χ1n) is 10.8. The third-order valence-electron chi connectivity index (χ3n) is 5.19. The van der Waals surface area contributed by atoms with Crippen LogP contribution in [0.2, 0.25) is 0 Å². The van der Waals surface area contributed by atoms with E-state index < -0.39 is 5.97 Å². The molecule has 0 bridgehead atoms. The Morgan fingerprint density at radius 3 is 2.21 bits per heavy atom. The smallest absolute Gasteiger partial charge is 0.341 e. The van der Waals surface area contributed by atoms with E-state index in [0.717, 1.165) is 37.7 Å². The Morgan fingerprint density at radius 2 is 1.59 bits per heavy atom. The van der Waals surface area contributed by atoms with Crippen molar-refractivity contribution in [1.82, 2.24) is 0 Å². The van der Waals surface area contributed by atoms with Gasteiger partial charge >= 0.3 is 5.97 Å². The molecule has 0 spiro atoms. The largest absolute Gasteiger partial charge is 0.550 e. The van der Waals surface area contributed by atoms with E-state index in [9.17, 15) is 19.5 Å². The summed E-state index contributed by atoms with van der Waals surface area (Å²) in [6.07, 6.45) is 11.3. The highest BCUT2D eigenvalue weighted by atomic mass is 32.1. The van der Waals surface area contributed by atoms with Crippen LogP contribution < -0.4 is 10.4 Å². The van der Waals surface area contributed by atoms with Crippen molar-refractivity contribution in [2.75, 3.05) is 11.9 Å². The molecule has 1 heterocycles. The third-order valence-corrected chi connectivity index (χ3v) is 6.40. The number of esters is 1. The average Bonchev–Trinajstić information content (AvgIpc) is 2.98. The molecule has 7 heteroatoms. The number of carbonyl (C=O) groups is 3. The second kappa shape index (κ2) is 12.6. The number of carboxylic acid groups (broad SMARTS) is 1. The van der Waals surface area contributed by atoms with E-state index in [-0.39, 0.29) is 37.7 Å². The Labute approximate surface area is 177 Å². The molecule has 162 valence electrons.